The minimum absolute atomic E-state index is 0.179. The summed E-state index contributed by atoms with van der Waals surface area (Å²) in [6.45, 7) is 16.7. The first-order chi connectivity index (χ1) is 12.1. The summed E-state index contributed by atoms with van der Waals surface area (Å²) in [6.07, 6.45) is 5.24. The number of fused-ring (bicyclic) bond motifs is 5. The molecule has 5 unspecified atom stereocenters. The van der Waals surface area contributed by atoms with Gasteiger partial charge in [-0.25, -0.2) is 0 Å². The maximum absolute atomic E-state index is 4.11. The molecule has 0 amide bonds. The Morgan fingerprint density at radius 1 is 0.962 bits per heavy atom. The molecule has 1 aromatic carbocycles. The maximum atomic E-state index is 4.11. The summed E-state index contributed by atoms with van der Waals surface area (Å²) in [5.74, 6) is 2.03. The van der Waals surface area contributed by atoms with E-state index in [1.807, 2.05) is 0 Å². The average molecular weight is 384 g/mol. The summed E-state index contributed by atoms with van der Waals surface area (Å²) in [6, 6.07) is 9.19. The minimum Gasteiger partial charge on any atom is -0.332 e. The zero-order valence-electron chi connectivity index (χ0n) is 17.3. The van der Waals surface area contributed by atoms with Crippen LogP contribution in [0.4, 0.5) is 0 Å². The van der Waals surface area contributed by atoms with Crippen LogP contribution in [0.25, 0.3) is 0 Å². The lowest BCUT2D eigenvalue weighted by molar-refractivity contribution is 0.477. The lowest BCUT2D eigenvalue weighted by atomic mass is 9.79. The quantitative estimate of drug-likeness (QED) is 0.596. The molecular formula is C23H33NSSi. The second-order valence-electron chi connectivity index (χ2n) is 10.1. The number of nitrogens with one attached hydrogen (secondary N) is 1. The third-order valence-electron chi connectivity index (χ3n) is 6.56. The molecule has 4 rings (SSSR count). The average Bonchev–Trinajstić information content (AvgIpc) is 3.00. The zero-order valence-corrected chi connectivity index (χ0v) is 19.1. The van der Waals surface area contributed by atoms with Gasteiger partial charge in [-0.15, -0.1) is 11.8 Å². The van der Waals surface area contributed by atoms with Crippen LogP contribution in [0, 0.1) is 11.8 Å². The molecule has 1 N–H and O–H groups in total. The Bertz CT molecular complexity index is 786. The van der Waals surface area contributed by atoms with E-state index in [-0.39, 0.29) is 5.54 Å². The molecule has 1 aliphatic heterocycles. The van der Waals surface area contributed by atoms with Crippen molar-refractivity contribution in [2.24, 2.45) is 11.8 Å². The zero-order chi connectivity index (χ0) is 18.9. The normalized spacial score (nSPS) is 33.3. The smallest absolute Gasteiger partial charge is 0.124 e. The molecule has 5 atom stereocenters. The largest absolute Gasteiger partial charge is 0.332 e. The predicted octanol–water partition coefficient (Wildman–Crippen LogP) is 6.36. The summed E-state index contributed by atoms with van der Waals surface area (Å²) in [5.41, 5.74) is 5.53. The molecule has 0 radical (unpaired) electrons. The van der Waals surface area contributed by atoms with Crippen LogP contribution in [0.15, 0.2) is 52.5 Å². The molecule has 2 aliphatic carbocycles. The summed E-state index contributed by atoms with van der Waals surface area (Å²) in [5, 5.41) is 0.713. The fourth-order valence-electron chi connectivity index (χ4n) is 5.89. The summed E-state index contributed by atoms with van der Waals surface area (Å²) in [4.78, 5) is 5.64. The first-order valence-corrected chi connectivity index (χ1v) is 14.0. The SMILES string of the molecule is CC1=CC2C(C=C1C)C([Si](C)(C)NC(C)(C)C)C1Sc3ccccc3C21. The number of rotatable bonds is 2. The van der Waals surface area contributed by atoms with Crippen molar-refractivity contribution in [1.29, 1.82) is 0 Å². The summed E-state index contributed by atoms with van der Waals surface area (Å²) in [7, 11) is -1.64. The Hall–Kier alpha value is -0.773. The fraction of sp³-hybridized carbons (Fsp3) is 0.565. The van der Waals surface area contributed by atoms with Gasteiger partial charge in [-0.3, -0.25) is 0 Å². The van der Waals surface area contributed by atoms with E-state index >= 15 is 0 Å². The van der Waals surface area contributed by atoms with Crippen LogP contribution in [0.2, 0.25) is 18.6 Å². The van der Waals surface area contributed by atoms with E-state index in [0.717, 1.165) is 5.54 Å². The molecule has 0 bridgehead atoms. The van der Waals surface area contributed by atoms with Gasteiger partial charge in [-0.05, 0) is 63.6 Å². The second kappa shape index (κ2) is 6.12. The second-order valence-corrected chi connectivity index (χ2v) is 15.7. The Kier molecular flexibility index (Phi) is 4.37. The minimum atomic E-state index is -1.64. The van der Waals surface area contributed by atoms with Crippen LogP contribution in [0.1, 0.15) is 46.1 Å². The molecular weight excluding hydrogens is 350 g/mol. The molecule has 1 heterocycles. The summed E-state index contributed by atoms with van der Waals surface area (Å²) < 4.78 is 0. The molecule has 140 valence electrons. The molecule has 1 aromatic rings. The van der Waals surface area contributed by atoms with Gasteiger partial charge < -0.3 is 4.98 Å². The molecule has 3 heteroatoms. The molecule has 0 aromatic heterocycles. The van der Waals surface area contributed by atoms with Crippen LogP contribution in [0.5, 0.6) is 0 Å². The van der Waals surface area contributed by atoms with Crippen LogP contribution in [-0.4, -0.2) is 19.0 Å². The lowest BCUT2D eigenvalue weighted by Crippen LogP contribution is -2.59. The topological polar surface area (TPSA) is 12.0 Å². The van der Waals surface area contributed by atoms with Gasteiger partial charge in [-0.1, -0.05) is 54.6 Å². The maximum Gasteiger partial charge on any atom is 0.124 e. The standard InChI is InChI=1S/C23H33NSSi/c1-14-12-17-18(13-15(14)2)22(26(6,7)24-23(3,4)5)21-20(17)16-10-8-9-11-19(16)25-21/h8-13,17-18,20-22,24H,1-7H3. The van der Waals surface area contributed by atoms with Crippen molar-refractivity contribution in [2.75, 3.05) is 0 Å². The number of hydrogen-bond donors (Lipinski definition) is 1. The van der Waals surface area contributed by atoms with Gasteiger partial charge in [0.15, 0.2) is 0 Å². The van der Waals surface area contributed by atoms with E-state index in [9.17, 15) is 0 Å². The molecule has 1 saturated carbocycles. The number of thioether (sulfide) groups is 1. The van der Waals surface area contributed by atoms with Crippen LogP contribution < -0.4 is 4.98 Å². The number of allylic oxidation sites excluding steroid dienone is 4. The van der Waals surface area contributed by atoms with Crippen molar-refractivity contribution in [3.05, 3.63) is 53.1 Å². The Balaban J connectivity index is 1.80. The van der Waals surface area contributed by atoms with E-state index in [2.05, 4.69) is 101 Å². The van der Waals surface area contributed by atoms with E-state index in [1.165, 1.54) is 16.0 Å². The highest BCUT2D eigenvalue weighted by atomic mass is 32.2. The van der Waals surface area contributed by atoms with Crippen LogP contribution >= 0.6 is 11.8 Å². The first kappa shape index (κ1) is 18.6. The van der Waals surface area contributed by atoms with Gasteiger partial charge in [0.25, 0.3) is 0 Å². The van der Waals surface area contributed by atoms with Crippen LogP contribution in [0.3, 0.4) is 0 Å². The van der Waals surface area contributed by atoms with Crippen molar-refractivity contribution >= 4 is 20.0 Å². The van der Waals surface area contributed by atoms with Gasteiger partial charge in [0.05, 0.1) is 0 Å². The number of benzene rings is 1. The van der Waals surface area contributed by atoms with E-state index in [0.29, 0.717) is 23.0 Å². The van der Waals surface area contributed by atoms with Crippen molar-refractivity contribution < 1.29 is 0 Å². The van der Waals surface area contributed by atoms with Gasteiger partial charge >= 0.3 is 0 Å². The van der Waals surface area contributed by atoms with Crippen molar-refractivity contribution in [3.8, 4) is 0 Å². The van der Waals surface area contributed by atoms with E-state index < -0.39 is 8.24 Å². The fourth-order valence-corrected chi connectivity index (χ4v) is 13.1. The van der Waals surface area contributed by atoms with Crippen molar-refractivity contribution in [1.82, 2.24) is 4.98 Å². The molecule has 26 heavy (non-hydrogen) atoms. The first-order valence-electron chi connectivity index (χ1n) is 10.0. The molecule has 0 saturated heterocycles. The predicted molar refractivity (Wildman–Crippen MR) is 117 cm³/mol. The van der Waals surface area contributed by atoms with Gasteiger partial charge in [-0.2, -0.15) is 0 Å². The highest BCUT2D eigenvalue weighted by Crippen LogP contribution is 2.66. The van der Waals surface area contributed by atoms with Crippen LogP contribution in [-0.2, 0) is 0 Å². The van der Waals surface area contributed by atoms with Crippen molar-refractivity contribution in [2.45, 2.75) is 74.9 Å². The molecule has 3 aliphatic rings. The van der Waals surface area contributed by atoms with Crippen molar-refractivity contribution in [3.63, 3.8) is 0 Å². The third kappa shape index (κ3) is 2.96. The van der Waals surface area contributed by atoms with E-state index in [1.54, 1.807) is 5.56 Å². The summed E-state index contributed by atoms with van der Waals surface area (Å²) >= 11 is 2.17. The van der Waals surface area contributed by atoms with Gasteiger partial charge in [0.1, 0.15) is 8.24 Å². The highest BCUT2D eigenvalue weighted by molar-refractivity contribution is 8.00. The van der Waals surface area contributed by atoms with E-state index in [4.69, 9.17) is 0 Å². The Morgan fingerprint density at radius 2 is 1.58 bits per heavy atom. The Labute approximate surface area is 164 Å². The highest BCUT2D eigenvalue weighted by Gasteiger charge is 2.59. The molecule has 0 spiro atoms. The van der Waals surface area contributed by atoms with Gasteiger partial charge in [0, 0.05) is 21.6 Å². The van der Waals surface area contributed by atoms with Gasteiger partial charge in [0.2, 0.25) is 0 Å². The molecule has 1 fully saturated rings. The lowest BCUT2D eigenvalue weighted by Gasteiger charge is -2.42. The monoisotopic (exact) mass is 383 g/mol. The molecule has 1 nitrogen and oxygen atoms in total. The Morgan fingerprint density at radius 3 is 2.23 bits per heavy atom. The number of hydrogen-bond acceptors (Lipinski definition) is 2. The third-order valence-corrected chi connectivity index (χ3v) is 12.1.